The number of unbranched alkanes of at least 4 members (excludes halogenated alkanes) is 10. The van der Waals surface area contributed by atoms with Gasteiger partial charge in [-0.15, -0.1) is 0 Å². The summed E-state index contributed by atoms with van der Waals surface area (Å²) >= 11 is 0. The number of carbonyl (C=O) groups is 2. The van der Waals surface area contributed by atoms with Gasteiger partial charge in [-0.1, -0.05) is 78.1 Å². The summed E-state index contributed by atoms with van der Waals surface area (Å²) in [4.78, 5) is 32.6. The lowest BCUT2D eigenvalue weighted by atomic mass is 10.1. The second-order valence-electron chi connectivity index (χ2n) is 8.75. The van der Waals surface area contributed by atoms with Gasteiger partial charge in [0.2, 0.25) is 0 Å². The largest absolute Gasteiger partial charge is 0.427 e. The van der Waals surface area contributed by atoms with Crippen LogP contribution in [-0.4, -0.2) is 21.9 Å². The zero-order valence-corrected chi connectivity index (χ0v) is 20.9. The lowest BCUT2D eigenvalue weighted by molar-refractivity contribution is -0.135. The normalized spacial score (nSPS) is 10.8. The molecule has 0 aliphatic rings. The maximum Gasteiger partial charge on any atom is 0.311 e. The molecule has 0 aliphatic heterocycles. The minimum atomic E-state index is -0.247. The van der Waals surface area contributed by atoms with E-state index in [2.05, 4.69) is 23.8 Å². The van der Waals surface area contributed by atoms with E-state index in [1.165, 1.54) is 50.9 Å². The Kier molecular flexibility index (Phi) is 13.6. The zero-order valence-electron chi connectivity index (χ0n) is 20.9. The van der Waals surface area contributed by atoms with Crippen molar-refractivity contribution < 1.29 is 19.1 Å². The topological polar surface area (TPSA) is 78.4 Å². The third kappa shape index (κ3) is 11.4. The molecule has 0 spiro atoms. The molecule has 0 N–H and O–H groups in total. The van der Waals surface area contributed by atoms with Crippen LogP contribution >= 0.6 is 0 Å². The molecule has 0 unspecified atom stereocenters. The molecule has 1 heterocycles. The molecule has 0 bridgehead atoms. The number of esters is 2. The second kappa shape index (κ2) is 16.8. The van der Waals surface area contributed by atoms with Crippen molar-refractivity contribution >= 4 is 11.9 Å². The second-order valence-corrected chi connectivity index (χ2v) is 8.75. The molecule has 2 aromatic rings. The average Bonchev–Trinajstić information content (AvgIpc) is 2.84. The Hall–Kier alpha value is -2.76. The highest BCUT2D eigenvalue weighted by Crippen LogP contribution is 2.21. The van der Waals surface area contributed by atoms with E-state index >= 15 is 0 Å². The fourth-order valence-electron chi connectivity index (χ4n) is 3.65. The van der Waals surface area contributed by atoms with Gasteiger partial charge in [0, 0.05) is 18.4 Å². The Morgan fingerprint density at radius 3 is 1.59 bits per heavy atom. The first-order chi connectivity index (χ1) is 16.6. The predicted molar refractivity (Wildman–Crippen MR) is 135 cm³/mol. The number of carbonyl (C=O) groups excluding carboxylic acids is 2. The Morgan fingerprint density at radius 2 is 1.06 bits per heavy atom. The molecule has 0 aliphatic carbocycles. The number of hydrogen-bond acceptors (Lipinski definition) is 6. The molecule has 2 rings (SSSR count). The fraction of sp³-hybridized carbons (Fsp3) is 0.571. The number of aromatic nitrogens is 2. The molecule has 1 aromatic carbocycles. The summed E-state index contributed by atoms with van der Waals surface area (Å²) in [5.41, 5.74) is 0.791. The Labute approximate surface area is 204 Å². The third-order valence-corrected chi connectivity index (χ3v) is 5.67. The van der Waals surface area contributed by atoms with Gasteiger partial charge in [-0.3, -0.25) is 9.59 Å². The molecule has 0 amide bonds. The first-order valence-electron chi connectivity index (χ1n) is 13.0. The minimum Gasteiger partial charge on any atom is -0.427 e. The van der Waals surface area contributed by atoms with Crippen LogP contribution in [0.2, 0.25) is 0 Å². The Balaban J connectivity index is 1.70. The maximum atomic E-state index is 12.0. The molecule has 0 atom stereocenters. The summed E-state index contributed by atoms with van der Waals surface area (Å²) in [7, 11) is 0. The Morgan fingerprint density at radius 1 is 0.618 bits per heavy atom. The van der Waals surface area contributed by atoms with E-state index in [-0.39, 0.29) is 11.9 Å². The first kappa shape index (κ1) is 27.5. The van der Waals surface area contributed by atoms with Crippen molar-refractivity contribution in [1.29, 1.82) is 0 Å². The van der Waals surface area contributed by atoms with Crippen molar-refractivity contribution in [2.24, 2.45) is 0 Å². The molecule has 6 heteroatoms. The number of ether oxygens (including phenoxy) is 2. The summed E-state index contributed by atoms with van der Waals surface area (Å²) in [6, 6.07) is 7.09. The molecule has 6 nitrogen and oxygen atoms in total. The SMILES string of the molecule is CCCCCCCCCCC(=O)Oc1cnc(-c2ccc(OC(=O)CCCCCC)cc2)nc1. The maximum absolute atomic E-state index is 12.0. The first-order valence-corrected chi connectivity index (χ1v) is 13.0. The Bertz CT molecular complexity index is 834. The van der Waals surface area contributed by atoms with Crippen LogP contribution in [0.1, 0.15) is 104 Å². The molecule has 0 saturated carbocycles. The van der Waals surface area contributed by atoms with Crippen LogP contribution < -0.4 is 9.47 Å². The van der Waals surface area contributed by atoms with E-state index in [1.807, 2.05) is 12.1 Å². The van der Waals surface area contributed by atoms with E-state index in [0.717, 1.165) is 44.1 Å². The van der Waals surface area contributed by atoms with Crippen LogP contribution in [0.4, 0.5) is 0 Å². The van der Waals surface area contributed by atoms with Crippen molar-refractivity contribution in [3.8, 4) is 22.9 Å². The van der Waals surface area contributed by atoms with Crippen LogP contribution in [0.3, 0.4) is 0 Å². The van der Waals surface area contributed by atoms with Gasteiger partial charge < -0.3 is 9.47 Å². The lowest BCUT2D eigenvalue weighted by Gasteiger charge is -2.07. The van der Waals surface area contributed by atoms with E-state index < -0.39 is 0 Å². The molecular weight excluding hydrogens is 428 g/mol. The van der Waals surface area contributed by atoms with Crippen LogP contribution in [0.5, 0.6) is 11.5 Å². The van der Waals surface area contributed by atoms with Crippen molar-refractivity contribution in [2.45, 2.75) is 104 Å². The summed E-state index contributed by atoms with van der Waals surface area (Å²) < 4.78 is 10.7. The van der Waals surface area contributed by atoms with Gasteiger partial charge >= 0.3 is 11.9 Å². The van der Waals surface area contributed by atoms with Crippen LogP contribution in [0, 0.1) is 0 Å². The quantitative estimate of drug-likeness (QED) is 0.136. The number of hydrogen-bond donors (Lipinski definition) is 0. The summed E-state index contributed by atoms with van der Waals surface area (Å²) in [6.45, 7) is 4.36. The average molecular weight is 469 g/mol. The van der Waals surface area contributed by atoms with E-state index in [9.17, 15) is 9.59 Å². The van der Waals surface area contributed by atoms with Crippen molar-refractivity contribution in [2.75, 3.05) is 0 Å². The minimum absolute atomic E-state index is 0.210. The standard InChI is InChI=1S/C28H40N2O4/c1-3-5-7-9-10-11-12-14-16-27(32)34-25-21-29-28(30-22-25)23-17-19-24(20-18-23)33-26(31)15-13-8-6-4-2/h17-22H,3-16H2,1-2H3. The molecule has 0 fully saturated rings. The molecule has 0 radical (unpaired) electrons. The molecule has 0 saturated heterocycles. The summed E-state index contributed by atoms with van der Waals surface area (Å²) in [5.74, 6) is 0.916. The zero-order chi connectivity index (χ0) is 24.4. The lowest BCUT2D eigenvalue weighted by Crippen LogP contribution is -2.08. The fourth-order valence-corrected chi connectivity index (χ4v) is 3.65. The predicted octanol–water partition coefficient (Wildman–Crippen LogP) is 7.46. The van der Waals surface area contributed by atoms with Crippen LogP contribution in [0.25, 0.3) is 11.4 Å². The van der Waals surface area contributed by atoms with Gasteiger partial charge in [0.1, 0.15) is 5.75 Å². The van der Waals surface area contributed by atoms with Gasteiger partial charge in [0.25, 0.3) is 0 Å². The smallest absolute Gasteiger partial charge is 0.311 e. The van der Waals surface area contributed by atoms with Gasteiger partial charge in [0.05, 0.1) is 12.4 Å². The van der Waals surface area contributed by atoms with Crippen molar-refractivity contribution in [3.63, 3.8) is 0 Å². The van der Waals surface area contributed by atoms with Gasteiger partial charge in [-0.05, 0) is 37.1 Å². The number of nitrogens with zero attached hydrogens (tertiary/aromatic N) is 2. The van der Waals surface area contributed by atoms with Gasteiger partial charge in [-0.25, -0.2) is 9.97 Å². The van der Waals surface area contributed by atoms with E-state index in [4.69, 9.17) is 9.47 Å². The molecule has 1 aromatic heterocycles. The number of rotatable bonds is 17. The molecular formula is C28H40N2O4. The summed E-state index contributed by atoms with van der Waals surface area (Å²) in [6.07, 6.45) is 17.5. The highest BCUT2D eigenvalue weighted by molar-refractivity contribution is 5.73. The summed E-state index contributed by atoms with van der Waals surface area (Å²) in [5, 5.41) is 0. The van der Waals surface area contributed by atoms with Gasteiger partial charge in [-0.2, -0.15) is 0 Å². The highest BCUT2D eigenvalue weighted by Gasteiger charge is 2.09. The van der Waals surface area contributed by atoms with Gasteiger partial charge in [0.15, 0.2) is 11.6 Å². The van der Waals surface area contributed by atoms with E-state index in [0.29, 0.717) is 30.2 Å². The number of benzene rings is 1. The molecule has 34 heavy (non-hydrogen) atoms. The van der Waals surface area contributed by atoms with Crippen molar-refractivity contribution in [3.05, 3.63) is 36.7 Å². The van der Waals surface area contributed by atoms with Crippen LogP contribution in [-0.2, 0) is 9.59 Å². The third-order valence-electron chi connectivity index (χ3n) is 5.67. The molecule has 186 valence electrons. The van der Waals surface area contributed by atoms with E-state index in [1.54, 1.807) is 12.1 Å². The van der Waals surface area contributed by atoms with Crippen molar-refractivity contribution in [1.82, 2.24) is 9.97 Å². The highest BCUT2D eigenvalue weighted by atomic mass is 16.5. The monoisotopic (exact) mass is 468 g/mol. The van der Waals surface area contributed by atoms with Crippen LogP contribution in [0.15, 0.2) is 36.7 Å².